The summed E-state index contributed by atoms with van der Waals surface area (Å²) in [5.74, 6) is -0.0713. The van der Waals surface area contributed by atoms with Crippen LogP contribution < -0.4 is 10.9 Å². The molecule has 0 fully saturated rings. The Labute approximate surface area is 138 Å². The van der Waals surface area contributed by atoms with Crippen LogP contribution in [0.25, 0.3) is 10.8 Å². The molecule has 0 spiro atoms. The molecule has 0 bridgehead atoms. The Bertz CT molecular complexity index is 972. The number of hydrogen-bond acceptors (Lipinski definition) is 3. The maximum absolute atomic E-state index is 12.7. The summed E-state index contributed by atoms with van der Waals surface area (Å²) in [5.41, 5.74) is 2.33. The number of rotatable bonds is 2. The summed E-state index contributed by atoms with van der Waals surface area (Å²) in [6.07, 6.45) is 2.22. The van der Waals surface area contributed by atoms with Gasteiger partial charge in [-0.25, -0.2) is 5.10 Å². The lowest BCUT2D eigenvalue weighted by Gasteiger charge is -2.24. The highest BCUT2D eigenvalue weighted by Gasteiger charge is 2.22. The molecule has 24 heavy (non-hydrogen) atoms. The Balaban J connectivity index is 1.57. The molecule has 1 aromatic heterocycles. The lowest BCUT2D eigenvalue weighted by Crippen LogP contribution is -2.39. The van der Waals surface area contributed by atoms with Crippen LogP contribution in [0.1, 0.15) is 28.0 Å². The largest absolute Gasteiger partial charge is 0.349 e. The highest BCUT2D eigenvalue weighted by molar-refractivity contribution is 6.07. The second-order valence-corrected chi connectivity index (χ2v) is 6.14. The maximum atomic E-state index is 12.7. The van der Waals surface area contributed by atoms with Crippen LogP contribution in [-0.2, 0) is 12.8 Å². The average molecular weight is 319 g/mol. The number of aromatic amines is 1. The quantitative estimate of drug-likeness (QED) is 0.760. The second-order valence-electron chi connectivity index (χ2n) is 6.14. The molecule has 4 rings (SSSR count). The Morgan fingerprint density at radius 1 is 1.17 bits per heavy atom. The zero-order valence-electron chi connectivity index (χ0n) is 13.1. The summed E-state index contributed by atoms with van der Waals surface area (Å²) < 4.78 is 0. The summed E-state index contributed by atoms with van der Waals surface area (Å²) in [4.78, 5) is 24.1. The summed E-state index contributed by atoms with van der Waals surface area (Å²) in [5, 5.41) is 11.7. The summed E-state index contributed by atoms with van der Waals surface area (Å²) >= 11 is 0. The molecule has 1 heterocycles. The number of hydrogen-bond donors (Lipinski definition) is 2. The molecule has 1 aliphatic carbocycles. The van der Waals surface area contributed by atoms with Crippen LogP contribution in [-0.4, -0.2) is 22.1 Å². The molecule has 2 N–H and O–H groups in total. The first-order valence-electron chi connectivity index (χ1n) is 8.07. The predicted octanol–water partition coefficient (Wildman–Crippen LogP) is 2.21. The van der Waals surface area contributed by atoms with E-state index in [0.717, 1.165) is 34.9 Å². The first-order valence-corrected chi connectivity index (χ1v) is 8.07. The van der Waals surface area contributed by atoms with Gasteiger partial charge in [0.05, 0.1) is 5.69 Å². The van der Waals surface area contributed by atoms with Gasteiger partial charge in [-0.15, -0.1) is 0 Å². The van der Waals surface area contributed by atoms with Crippen LogP contribution >= 0.6 is 0 Å². The van der Waals surface area contributed by atoms with Crippen molar-refractivity contribution in [2.75, 3.05) is 0 Å². The van der Waals surface area contributed by atoms with Gasteiger partial charge in [-0.1, -0.05) is 36.4 Å². The maximum Gasteiger partial charge on any atom is 0.264 e. The third-order valence-corrected chi connectivity index (χ3v) is 4.54. The zero-order valence-corrected chi connectivity index (χ0v) is 13.1. The van der Waals surface area contributed by atoms with Gasteiger partial charge in [0, 0.05) is 17.7 Å². The molecule has 120 valence electrons. The SMILES string of the molecule is O=C(NC1CCc2n[nH]c(=O)cc2C1)c1cccc2ccccc12. The third kappa shape index (κ3) is 2.69. The van der Waals surface area contributed by atoms with E-state index in [0.29, 0.717) is 12.0 Å². The molecule has 0 saturated heterocycles. The molecule has 1 amide bonds. The van der Waals surface area contributed by atoms with Crippen LogP contribution in [0.4, 0.5) is 0 Å². The number of carbonyl (C=O) groups is 1. The summed E-state index contributed by atoms with van der Waals surface area (Å²) in [7, 11) is 0. The zero-order chi connectivity index (χ0) is 16.5. The van der Waals surface area contributed by atoms with Crippen molar-refractivity contribution in [2.24, 2.45) is 0 Å². The first kappa shape index (κ1) is 14.6. The van der Waals surface area contributed by atoms with Crippen LogP contribution in [0.3, 0.4) is 0 Å². The summed E-state index contributed by atoms with van der Waals surface area (Å²) in [6.45, 7) is 0. The predicted molar refractivity (Wildman–Crippen MR) is 92.1 cm³/mol. The topological polar surface area (TPSA) is 74.8 Å². The van der Waals surface area contributed by atoms with Crippen LogP contribution in [0.5, 0.6) is 0 Å². The highest BCUT2D eigenvalue weighted by Crippen LogP contribution is 2.21. The van der Waals surface area contributed by atoms with Gasteiger partial charge in [0.25, 0.3) is 11.5 Å². The number of aromatic nitrogens is 2. The minimum Gasteiger partial charge on any atom is -0.349 e. The Morgan fingerprint density at radius 3 is 2.92 bits per heavy atom. The molecule has 1 aliphatic rings. The summed E-state index contributed by atoms with van der Waals surface area (Å²) in [6, 6.07) is 15.2. The van der Waals surface area contributed by atoms with Gasteiger partial charge in [-0.05, 0) is 41.7 Å². The minimum atomic E-state index is -0.199. The molecular formula is C19H17N3O2. The van der Waals surface area contributed by atoms with Crippen molar-refractivity contribution >= 4 is 16.7 Å². The van der Waals surface area contributed by atoms with Crippen molar-refractivity contribution in [3.05, 3.63) is 75.7 Å². The number of nitrogens with zero attached hydrogens (tertiary/aromatic N) is 1. The molecule has 0 radical (unpaired) electrons. The fourth-order valence-electron chi connectivity index (χ4n) is 3.35. The molecule has 1 atom stereocenters. The van der Waals surface area contributed by atoms with Gasteiger partial charge in [0.15, 0.2) is 0 Å². The smallest absolute Gasteiger partial charge is 0.264 e. The molecule has 0 aliphatic heterocycles. The number of H-pyrrole nitrogens is 1. The number of aryl methyl sites for hydroxylation is 1. The molecule has 1 unspecified atom stereocenters. The van der Waals surface area contributed by atoms with E-state index in [4.69, 9.17) is 0 Å². The van der Waals surface area contributed by atoms with Gasteiger partial charge in [-0.3, -0.25) is 9.59 Å². The number of nitrogens with one attached hydrogen (secondary N) is 2. The van der Waals surface area contributed by atoms with Crippen molar-refractivity contribution in [3.8, 4) is 0 Å². The lowest BCUT2D eigenvalue weighted by molar-refractivity contribution is 0.0935. The fraction of sp³-hybridized carbons (Fsp3) is 0.211. The number of carbonyl (C=O) groups excluding carboxylic acids is 1. The van der Waals surface area contributed by atoms with E-state index >= 15 is 0 Å². The van der Waals surface area contributed by atoms with E-state index in [9.17, 15) is 9.59 Å². The average Bonchev–Trinajstić information content (AvgIpc) is 2.61. The molecule has 5 heteroatoms. The van der Waals surface area contributed by atoms with E-state index in [2.05, 4.69) is 15.5 Å². The minimum absolute atomic E-state index is 0.0209. The van der Waals surface area contributed by atoms with Gasteiger partial charge in [0.2, 0.25) is 0 Å². The van der Waals surface area contributed by atoms with E-state index in [1.165, 1.54) is 0 Å². The van der Waals surface area contributed by atoms with Crippen molar-refractivity contribution in [2.45, 2.75) is 25.3 Å². The molecule has 2 aromatic carbocycles. The van der Waals surface area contributed by atoms with Crippen molar-refractivity contribution in [3.63, 3.8) is 0 Å². The van der Waals surface area contributed by atoms with Gasteiger partial charge < -0.3 is 5.32 Å². The van der Waals surface area contributed by atoms with Crippen molar-refractivity contribution < 1.29 is 4.79 Å². The fourth-order valence-corrected chi connectivity index (χ4v) is 3.35. The molecule has 5 nitrogen and oxygen atoms in total. The molecule has 0 saturated carbocycles. The number of benzene rings is 2. The van der Waals surface area contributed by atoms with E-state index < -0.39 is 0 Å². The normalized spacial score (nSPS) is 16.6. The van der Waals surface area contributed by atoms with Gasteiger partial charge in [0.1, 0.15) is 0 Å². The van der Waals surface area contributed by atoms with Gasteiger partial charge >= 0.3 is 0 Å². The Hall–Kier alpha value is -2.95. The van der Waals surface area contributed by atoms with Crippen molar-refractivity contribution in [1.29, 1.82) is 0 Å². The van der Waals surface area contributed by atoms with Crippen LogP contribution in [0, 0.1) is 0 Å². The molecular weight excluding hydrogens is 302 g/mol. The van der Waals surface area contributed by atoms with Crippen molar-refractivity contribution in [1.82, 2.24) is 15.5 Å². The highest BCUT2D eigenvalue weighted by atomic mass is 16.1. The van der Waals surface area contributed by atoms with Crippen LogP contribution in [0.2, 0.25) is 0 Å². The second kappa shape index (κ2) is 5.92. The Morgan fingerprint density at radius 2 is 2.00 bits per heavy atom. The third-order valence-electron chi connectivity index (χ3n) is 4.54. The molecule has 3 aromatic rings. The standard InChI is InChI=1S/C19H17N3O2/c23-18-11-13-10-14(8-9-17(13)21-22-18)20-19(24)16-7-3-5-12-4-1-2-6-15(12)16/h1-7,11,14H,8-10H2,(H,20,24)(H,22,23). The first-order chi connectivity index (χ1) is 11.7. The number of fused-ring (bicyclic) bond motifs is 2. The lowest BCUT2D eigenvalue weighted by atomic mass is 9.92. The van der Waals surface area contributed by atoms with Crippen LogP contribution in [0.15, 0.2) is 53.3 Å². The van der Waals surface area contributed by atoms with E-state index in [-0.39, 0.29) is 17.5 Å². The monoisotopic (exact) mass is 319 g/mol. The Kier molecular flexibility index (Phi) is 3.61. The van der Waals surface area contributed by atoms with E-state index in [1.807, 2.05) is 42.5 Å². The number of amides is 1. The van der Waals surface area contributed by atoms with Gasteiger partial charge in [-0.2, -0.15) is 5.10 Å². The van der Waals surface area contributed by atoms with E-state index in [1.54, 1.807) is 6.07 Å².